The Hall–Kier alpha value is -2.04. The normalized spacial score (nSPS) is 41.2. The molecule has 1 N–H and O–H groups in total. The van der Waals surface area contributed by atoms with Crippen molar-refractivity contribution in [3.63, 3.8) is 0 Å². The molecule has 172 valence electrons. The number of nitrogens with one attached hydrogen (secondary N) is 1. The van der Waals surface area contributed by atoms with Crippen molar-refractivity contribution < 1.29 is 9.59 Å². The summed E-state index contributed by atoms with van der Waals surface area (Å²) >= 11 is 0. The van der Waals surface area contributed by atoms with Crippen LogP contribution in [0.4, 0.5) is 0 Å². The van der Waals surface area contributed by atoms with E-state index in [1.54, 1.807) is 24.7 Å². The van der Waals surface area contributed by atoms with Gasteiger partial charge in [0.1, 0.15) is 5.69 Å². The first-order valence-electron chi connectivity index (χ1n) is 12.6. The molecule has 0 saturated heterocycles. The molecule has 3 aliphatic carbocycles. The van der Waals surface area contributed by atoms with E-state index in [-0.39, 0.29) is 17.1 Å². The maximum atomic E-state index is 12.6. The van der Waals surface area contributed by atoms with Gasteiger partial charge in [-0.15, -0.1) is 0 Å². The topological polar surface area (TPSA) is 72.0 Å². The molecule has 0 bridgehead atoms. The van der Waals surface area contributed by atoms with Gasteiger partial charge in [-0.2, -0.15) is 0 Å². The van der Waals surface area contributed by atoms with Crippen LogP contribution in [-0.2, 0) is 4.79 Å². The molecule has 1 amide bonds. The third-order valence-electron chi connectivity index (χ3n) is 10.1. The molecule has 32 heavy (non-hydrogen) atoms. The van der Waals surface area contributed by atoms with Gasteiger partial charge in [0.05, 0.1) is 6.20 Å². The molecular formula is C27H37N3O2. The number of amides is 1. The highest BCUT2D eigenvalue weighted by atomic mass is 16.1. The van der Waals surface area contributed by atoms with Crippen molar-refractivity contribution in [1.29, 1.82) is 0 Å². The van der Waals surface area contributed by atoms with Gasteiger partial charge in [0.2, 0.25) is 5.91 Å². The van der Waals surface area contributed by atoms with Crippen LogP contribution in [0.2, 0.25) is 0 Å². The molecule has 5 heteroatoms. The molecule has 0 radical (unpaired) electrons. The zero-order valence-corrected chi connectivity index (χ0v) is 19.7. The number of aromatic nitrogens is 2. The summed E-state index contributed by atoms with van der Waals surface area (Å²) in [5, 5.41) is 3.26. The van der Waals surface area contributed by atoms with Crippen LogP contribution in [0.5, 0.6) is 0 Å². The second kappa shape index (κ2) is 8.07. The smallest absolute Gasteiger partial charge is 0.243 e. The van der Waals surface area contributed by atoms with Crippen molar-refractivity contribution in [3.05, 3.63) is 36.4 Å². The van der Waals surface area contributed by atoms with Gasteiger partial charge in [-0.1, -0.05) is 26.8 Å². The summed E-state index contributed by atoms with van der Waals surface area (Å²) in [5.41, 5.74) is 0.972. The summed E-state index contributed by atoms with van der Waals surface area (Å²) in [4.78, 5) is 32.7. The van der Waals surface area contributed by atoms with Gasteiger partial charge in [0, 0.05) is 30.3 Å². The predicted molar refractivity (Wildman–Crippen MR) is 124 cm³/mol. The number of hydrogen-bond acceptors (Lipinski definition) is 4. The lowest BCUT2D eigenvalue weighted by molar-refractivity contribution is -0.122. The third-order valence-corrected chi connectivity index (χ3v) is 10.1. The maximum absolute atomic E-state index is 12.6. The quantitative estimate of drug-likeness (QED) is 0.662. The van der Waals surface area contributed by atoms with E-state index in [0.29, 0.717) is 41.3 Å². The highest BCUT2D eigenvalue weighted by Gasteiger charge is 2.60. The highest BCUT2D eigenvalue weighted by Crippen LogP contribution is 2.66. The molecule has 3 fully saturated rings. The minimum absolute atomic E-state index is 0.0809. The molecule has 0 aromatic carbocycles. The number of fused-ring (bicyclic) bond motifs is 5. The van der Waals surface area contributed by atoms with Gasteiger partial charge in [-0.05, 0) is 86.0 Å². The number of Topliss-reactive ketones (excluding diaryl/α,β-unsaturated/α-hetero) is 1. The molecule has 2 heterocycles. The number of rotatable bonds is 5. The van der Waals surface area contributed by atoms with Crippen molar-refractivity contribution in [2.24, 2.45) is 40.4 Å². The van der Waals surface area contributed by atoms with Crippen LogP contribution in [0.15, 0.2) is 30.7 Å². The Kier molecular flexibility index (Phi) is 5.50. The van der Waals surface area contributed by atoms with Gasteiger partial charge < -0.3 is 5.32 Å². The van der Waals surface area contributed by atoms with E-state index in [4.69, 9.17) is 0 Å². The van der Waals surface area contributed by atoms with Crippen molar-refractivity contribution in [1.82, 2.24) is 15.3 Å². The average molecular weight is 436 g/mol. The van der Waals surface area contributed by atoms with Crippen molar-refractivity contribution >= 4 is 11.7 Å². The summed E-state index contributed by atoms with van der Waals surface area (Å²) in [6.45, 7) is 7.31. The van der Waals surface area contributed by atoms with E-state index < -0.39 is 0 Å². The summed E-state index contributed by atoms with van der Waals surface area (Å²) < 4.78 is 0. The Morgan fingerprint density at radius 1 is 1.16 bits per heavy atom. The Balaban J connectivity index is 1.28. The SMILES string of the molecule is C[C@H](CCC(=O)c1cnccn1)[C@H]1CC[C@H]2[C@@H]3CC[C@H]4NC(=O)C=C[C@]4(C)[C@H]3CC[C@]12C. The zero-order valence-electron chi connectivity index (χ0n) is 19.7. The molecule has 8 atom stereocenters. The maximum Gasteiger partial charge on any atom is 0.243 e. The molecule has 5 rings (SSSR count). The van der Waals surface area contributed by atoms with Crippen LogP contribution >= 0.6 is 0 Å². The van der Waals surface area contributed by atoms with E-state index in [2.05, 4.69) is 42.1 Å². The van der Waals surface area contributed by atoms with Gasteiger partial charge >= 0.3 is 0 Å². The number of nitrogens with zero attached hydrogens (tertiary/aromatic N) is 2. The monoisotopic (exact) mass is 435 g/mol. The van der Waals surface area contributed by atoms with Gasteiger partial charge in [-0.25, -0.2) is 4.98 Å². The fourth-order valence-corrected chi connectivity index (χ4v) is 8.44. The van der Waals surface area contributed by atoms with Crippen LogP contribution in [-0.4, -0.2) is 27.7 Å². The van der Waals surface area contributed by atoms with Gasteiger partial charge in [0.15, 0.2) is 5.78 Å². The second-order valence-corrected chi connectivity index (χ2v) is 11.5. The summed E-state index contributed by atoms with van der Waals surface area (Å²) in [5.74, 6) is 3.63. The fraction of sp³-hybridized carbons (Fsp3) is 0.704. The van der Waals surface area contributed by atoms with Gasteiger partial charge in [0.25, 0.3) is 0 Å². The van der Waals surface area contributed by atoms with E-state index in [0.717, 1.165) is 24.7 Å². The molecule has 0 unspecified atom stereocenters. The van der Waals surface area contributed by atoms with Crippen LogP contribution in [0.1, 0.15) is 82.6 Å². The molecule has 4 aliphatic rings. The zero-order chi connectivity index (χ0) is 22.5. The molecule has 3 saturated carbocycles. The first-order valence-corrected chi connectivity index (χ1v) is 12.6. The largest absolute Gasteiger partial charge is 0.349 e. The predicted octanol–water partition coefficient (Wildman–Crippen LogP) is 4.99. The summed E-state index contributed by atoms with van der Waals surface area (Å²) in [6.07, 6.45) is 17.8. The minimum Gasteiger partial charge on any atom is -0.349 e. The second-order valence-electron chi connectivity index (χ2n) is 11.5. The Morgan fingerprint density at radius 2 is 2.00 bits per heavy atom. The number of carbonyl (C=O) groups excluding carboxylic acids is 2. The van der Waals surface area contributed by atoms with Crippen LogP contribution in [0.3, 0.4) is 0 Å². The first-order chi connectivity index (χ1) is 15.3. The number of ketones is 1. The molecule has 1 aromatic rings. The lowest BCUT2D eigenvalue weighted by Gasteiger charge is -2.59. The molecule has 1 aliphatic heterocycles. The van der Waals surface area contributed by atoms with E-state index in [1.165, 1.54) is 32.1 Å². The van der Waals surface area contributed by atoms with Crippen LogP contribution in [0, 0.1) is 40.4 Å². The lowest BCUT2D eigenvalue weighted by atomic mass is 9.47. The van der Waals surface area contributed by atoms with Crippen molar-refractivity contribution in [3.8, 4) is 0 Å². The molecule has 5 nitrogen and oxygen atoms in total. The van der Waals surface area contributed by atoms with Crippen LogP contribution < -0.4 is 5.32 Å². The van der Waals surface area contributed by atoms with E-state index in [1.807, 2.05) is 0 Å². The average Bonchev–Trinajstić information content (AvgIpc) is 3.15. The van der Waals surface area contributed by atoms with Crippen molar-refractivity contribution in [2.75, 3.05) is 0 Å². The van der Waals surface area contributed by atoms with Gasteiger partial charge in [-0.3, -0.25) is 14.6 Å². The first kappa shape index (κ1) is 21.8. The van der Waals surface area contributed by atoms with Crippen molar-refractivity contribution in [2.45, 2.75) is 78.2 Å². The Labute approximate surface area is 191 Å². The molecule has 1 aromatic heterocycles. The summed E-state index contributed by atoms with van der Waals surface area (Å²) in [7, 11) is 0. The fourth-order valence-electron chi connectivity index (χ4n) is 8.44. The lowest BCUT2D eigenvalue weighted by Crippen LogP contribution is -2.59. The highest BCUT2D eigenvalue weighted by molar-refractivity contribution is 5.93. The summed E-state index contributed by atoms with van der Waals surface area (Å²) in [6, 6.07) is 0.300. The van der Waals surface area contributed by atoms with E-state index >= 15 is 0 Å². The number of hydrogen-bond donors (Lipinski definition) is 1. The molecular weight excluding hydrogens is 398 g/mol. The number of carbonyl (C=O) groups is 2. The third kappa shape index (κ3) is 3.43. The van der Waals surface area contributed by atoms with E-state index in [9.17, 15) is 9.59 Å². The standard InChI is InChI=1S/C27H37N3O2/c1-17(4-8-23(31)22-16-28-14-15-29-22)19-6-7-20-18-5-9-24-27(3,13-11-25(32)30-24)21(18)10-12-26(19,20)2/h11,13-21,24H,4-10,12H2,1-3H3,(H,30,32)/t17-,18+,19-,20+,21+,24-,26-,27-/m1/s1. The molecule has 0 spiro atoms. The van der Waals surface area contributed by atoms with Crippen LogP contribution in [0.25, 0.3) is 0 Å². The Morgan fingerprint density at radius 3 is 2.78 bits per heavy atom. The minimum atomic E-state index is 0.0809. The Bertz CT molecular complexity index is 915.